The van der Waals surface area contributed by atoms with E-state index in [4.69, 9.17) is 0 Å². The summed E-state index contributed by atoms with van der Waals surface area (Å²) in [5, 5.41) is 0. The summed E-state index contributed by atoms with van der Waals surface area (Å²) in [4.78, 5) is 25.9. The number of rotatable bonds is 8. The Morgan fingerprint density at radius 2 is 1.56 bits per heavy atom. The molecule has 0 radical (unpaired) electrons. The summed E-state index contributed by atoms with van der Waals surface area (Å²) < 4.78 is 29.2. The van der Waals surface area contributed by atoms with E-state index in [0.29, 0.717) is 28.7 Å². The largest absolute Gasteiger partial charge is 0.281 e. The summed E-state index contributed by atoms with van der Waals surface area (Å²) in [6.07, 6.45) is 1.64. The maximum Gasteiger partial charge on any atom is 0.269 e. The lowest BCUT2D eigenvalue weighted by Gasteiger charge is -2.14. The van der Waals surface area contributed by atoms with E-state index in [1.54, 1.807) is 43.5 Å². The standard InChI is InChI=1S/C29H24N6O3S/c1-20-18-27(32-28(31-20)26-16-7-8-17-30-26)33-34-29(36)22-12-9-13-23(19-22)39(37,38)35-25-15-6-5-14-24(25)21-10-3-2-4-11-21/h2-19,35H,1H3,(H,34,36)(H,31,32,33). The number of benzene rings is 3. The fourth-order valence-electron chi connectivity index (χ4n) is 3.88. The molecule has 0 bridgehead atoms. The summed E-state index contributed by atoms with van der Waals surface area (Å²) in [6.45, 7) is 1.80. The number of aryl methyl sites for hydroxylation is 1. The third-order valence-corrected chi connectivity index (χ3v) is 7.08. The van der Waals surface area contributed by atoms with E-state index >= 15 is 0 Å². The van der Waals surface area contributed by atoms with Crippen molar-refractivity contribution in [2.24, 2.45) is 0 Å². The fourth-order valence-corrected chi connectivity index (χ4v) is 5.01. The van der Waals surface area contributed by atoms with Crippen molar-refractivity contribution in [1.29, 1.82) is 0 Å². The average Bonchev–Trinajstić information content (AvgIpc) is 2.97. The smallest absolute Gasteiger partial charge is 0.269 e. The number of hydrogen-bond donors (Lipinski definition) is 3. The molecule has 0 atom stereocenters. The topological polar surface area (TPSA) is 126 Å². The molecule has 1 amide bonds. The molecule has 2 heterocycles. The zero-order chi connectivity index (χ0) is 27.2. The number of carbonyl (C=O) groups excluding carboxylic acids is 1. The Labute approximate surface area is 226 Å². The van der Waals surface area contributed by atoms with E-state index in [1.807, 2.05) is 48.5 Å². The Balaban J connectivity index is 1.33. The van der Waals surface area contributed by atoms with Crippen LogP contribution in [0.25, 0.3) is 22.6 Å². The molecule has 0 aliphatic heterocycles. The second-order valence-corrected chi connectivity index (χ2v) is 10.2. The van der Waals surface area contributed by atoms with E-state index in [2.05, 4.69) is 30.5 Å². The summed E-state index contributed by atoms with van der Waals surface area (Å²) in [7, 11) is -3.99. The van der Waals surface area contributed by atoms with Crippen LogP contribution in [0, 0.1) is 6.92 Å². The molecule has 5 rings (SSSR count). The van der Waals surface area contributed by atoms with Gasteiger partial charge in [-0.25, -0.2) is 18.4 Å². The molecule has 2 aromatic heterocycles. The Kier molecular flexibility index (Phi) is 7.28. The number of aromatic nitrogens is 3. The van der Waals surface area contributed by atoms with E-state index in [1.165, 1.54) is 24.3 Å². The minimum absolute atomic E-state index is 0.0478. The van der Waals surface area contributed by atoms with Gasteiger partial charge in [-0.3, -0.25) is 25.4 Å². The van der Waals surface area contributed by atoms with Crippen LogP contribution in [0.3, 0.4) is 0 Å². The number of nitrogens with zero attached hydrogens (tertiary/aromatic N) is 3. The molecule has 5 aromatic rings. The minimum atomic E-state index is -3.99. The third kappa shape index (κ3) is 6.08. The van der Waals surface area contributed by atoms with Crippen LogP contribution >= 0.6 is 0 Å². The molecule has 9 nitrogen and oxygen atoms in total. The zero-order valence-corrected chi connectivity index (χ0v) is 21.7. The van der Waals surface area contributed by atoms with E-state index in [0.717, 1.165) is 11.1 Å². The molecule has 10 heteroatoms. The maximum absolute atomic E-state index is 13.3. The monoisotopic (exact) mass is 536 g/mol. The molecule has 0 saturated heterocycles. The van der Waals surface area contributed by atoms with E-state index in [-0.39, 0.29) is 10.5 Å². The van der Waals surface area contributed by atoms with Crippen LogP contribution in [-0.4, -0.2) is 29.3 Å². The van der Waals surface area contributed by atoms with Gasteiger partial charge in [0.25, 0.3) is 15.9 Å². The van der Waals surface area contributed by atoms with Gasteiger partial charge in [0.1, 0.15) is 11.5 Å². The zero-order valence-electron chi connectivity index (χ0n) is 20.9. The predicted octanol–water partition coefficient (Wildman–Crippen LogP) is 5.07. The van der Waals surface area contributed by atoms with Crippen LogP contribution in [0.5, 0.6) is 0 Å². The van der Waals surface area contributed by atoms with Gasteiger partial charge in [0.15, 0.2) is 5.82 Å². The first-order valence-corrected chi connectivity index (χ1v) is 13.5. The number of nitrogens with one attached hydrogen (secondary N) is 3. The number of carbonyl (C=O) groups is 1. The maximum atomic E-state index is 13.3. The van der Waals surface area contributed by atoms with Crippen LogP contribution in [0.2, 0.25) is 0 Å². The van der Waals surface area contributed by atoms with Crippen molar-refractivity contribution in [2.75, 3.05) is 10.1 Å². The van der Waals surface area contributed by atoms with Gasteiger partial charge in [-0.05, 0) is 48.9 Å². The van der Waals surface area contributed by atoms with Gasteiger partial charge in [-0.1, -0.05) is 60.7 Å². The summed E-state index contributed by atoms with van der Waals surface area (Å²) >= 11 is 0. The lowest BCUT2D eigenvalue weighted by molar-refractivity contribution is 0.0962. The Hall–Kier alpha value is -5.09. The van der Waals surface area contributed by atoms with Gasteiger partial charge < -0.3 is 0 Å². The molecular weight excluding hydrogens is 512 g/mol. The van der Waals surface area contributed by atoms with Crippen molar-refractivity contribution in [3.8, 4) is 22.6 Å². The van der Waals surface area contributed by atoms with E-state index in [9.17, 15) is 13.2 Å². The van der Waals surface area contributed by atoms with Crippen LogP contribution in [0.1, 0.15) is 16.1 Å². The normalized spacial score (nSPS) is 11.0. The fraction of sp³-hybridized carbons (Fsp3) is 0.0345. The molecular formula is C29H24N6O3S. The number of hydrazine groups is 1. The molecule has 0 spiro atoms. The van der Waals surface area contributed by atoms with Crippen molar-refractivity contribution in [3.05, 3.63) is 121 Å². The highest BCUT2D eigenvalue weighted by atomic mass is 32.2. The highest BCUT2D eigenvalue weighted by Crippen LogP contribution is 2.29. The number of hydrogen-bond acceptors (Lipinski definition) is 7. The van der Waals surface area contributed by atoms with Gasteiger partial charge >= 0.3 is 0 Å². The first-order chi connectivity index (χ1) is 18.9. The highest BCUT2D eigenvalue weighted by Gasteiger charge is 2.18. The first kappa shape index (κ1) is 25.6. The predicted molar refractivity (Wildman–Crippen MR) is 150 cm³/mol. The summed E-state index contributed by atoms with van der Waals surface area (Å²) in [5.41, 5.74) is 8.81. The number of anilines is 2. The molecule has 0 unspecified atom stereocenters. The number of pyridine rings is 1. The second kappa shape index (κ2) is 11.1. The number of para-hydroxylation sites is 1. The highest BCUT2D eigenvalue weighted by molar-refractivity contribution is 7.92. The second-order valence-electron chi connectivity index (χ2n) is 8.56. The van der Waals surface area contributed by atoms with Gasteiger partial charge in [0.2, 0.25) is 0 Å². The number of amides is 1. The quantitative estimate of drug-likeness (QED) is 0.236. The van der Waals surface area contributed by atoms with Gasteiger partial charge in [-0.2, -0.15) is 0 Å². The molecule has 39 heavy (non-hydrogen) atoms. The van der Waals surface area contributed by atoms with Gasteiger partial charge in [0, 0.05) is 29.1 Å². The molecule has 3 N–H and O–H groups in total. The lowest BCUT2D eigenvalue weighted by atomic mass is 10.0. The Morgan fingerprint density at radius 3 is 2.36 bits per heavy atom. The first-order valence-electron chi connectivity index (χ1n) is 12.0. The molecule has 0 aliphatic carbocycles. The minimum Gasteiger partial charge on any atom is -0.281 e. The molecule has 194 valence electrons. The van der Waals surface area contributed by atoms with Crippen LogP contribution < -0.4 is 15.6 Å². The summed E-state index contributed by atoms with van der Waals surface area (Å²) in [5.74, 6) is 0.231. The molecule has 0 saturated carbocycles. The third-order valence-electron chi connectivity index (χ3n) is 5.72. The van der Waals surface area contributed by atoms with Crippen LogP contribution in [-0.2, 0) is 10.0 Å². The SMILES string of the molecule is Cc1cc(NNC(=O)c2cccc(S(=O)(=O)Nc3ccccc3-c3ccccc3)c2)nc(-c2ccccn2)n1. The van der Waals surface area contributed by atoms with Gasteiger partial charge in [-0.15, -0.1) is 0 Å². The van der Waals surface area contributed by atoms with Crippen molar-refractivity contribution < 1.29 is 13.2 Å². The lowest BCUT2D eigenvalue weighted by Crippen LogP contribution is -2.30. The van der Waals surface area contributed by atoms with Crippen LogP contribution in [0.4, 0.5) is 11.5 Å². The Morgan fingerprint density at radius 1 is 0.795 bits per heavy atom. The van der Waals surface area contributed by atoms with Crippen molar-refractivity contribution in [1.82, 2.24) is 20.4 Å². The van der Waals surface area contributed by atoms with Gasteiger partial charge in [0.05, 0.1) is 10.6 Å². The average molecular weight is 537 g/mol. The Bertz CT molecular complexity index is 1730. The van der Waals surface area contributed by atoms with Crippen molar-refractivity contribution >= 4 is 27.4 Å². The van der Waals surface area contributed by atoms with Crippen molar-refractivity contribution in [2.45, 2.75) is 11.8 Å². The van der Waals surface area contributed by atoms with Crippen molar-refractivity contribution in [3.63, 3.8) is 0 Å². The summed E-state index contributed by atoms with van der Waals surface area (Å²) in [6, 6.07) is 29.5. The van der Waals surface area contributed by atoms with E-state index < -0.39 is 15.9 Å². The number of sulfonamides is 1. The molecule has 0 aliphatic rings. The molecule has 0 fully saturated rings. The molecule has 3 aromatic carbocycles. The van der Waals surface area contributed by atoms with Crippen LogP contribution in [0.15, 0.2) is 114 Å².